The van der Waals surface area contributed by atoms with Gasteiger partial charge in [0.2, 0.25) is 5.56 Å². The molecule has 3 aromatic rings. The number of aromatic nitrogens is 2. The lowest BCUT2D eigenvalue weighted by molar-refractivity contribution is 0.0987. The molecular weight excluding hydrogens is 344 g/mol. The van der Waals surface area contributed by atoms with Crippen molar-refractivity contribution in [2.45, 2.75) is 6.42 Å². The number of benzene rings is 1. The van der Waals surface area contributed by atoms with Crippen molar-refractivity contribution in [3.05, 3.63) is 88.1 Å². The Kier molecular flexibility index (Phi) is 4.25. The second-order valence-corrected chi connectivity index (χ2v) is 6.19. The van der Waals surface area contributed by atoms with Crippen molar-refractivity contribution in [3.63, 3.8) is 0 Å². The SMILES string of the molecule is O=C(Nc1ccc2c(c1)CCN2C(=O)c1cccnc1)c1ccc(=O)[nH]c1. The Morgan fingerprint density at radius 2 is 2.00 bits per heavy atom. The Hall–Kier alpha value is -3.74. The maximum atomic E-state index is 12.7. The van der Waals surface area contributed by atoms with E-state index in [4.69, 9.17) is 0 Å². The molecule has 0 atom stereocenters. The van der Waals surface area contributed by atoms with Gasteiger partial charge in [0, 0.05) is 42.6 Å². The van der Waals surface area contributed by atoms with E-state index in [1.807, 2.05) is 12.1 Å². The lowest BCUT2D eigenvalue weighted by Gasteiger charge is -2.17. The summed E-state index contributed by atoms with van der Waals surface area (Å²) in [7, 11) is 0. The Morgan fingerprint density at radius 3 is 2.74 bits per heavy atom. The third-order valence-corrected chi connectivity index (χ3v) is 4.43. The van der Waals surface area contributed by atoms with Gasteiger partial charge >= 0.3 is 0 Å². The Balaban J connectivity index is 1.53. The number of carbonyl (C=O) groups is 2. The zero-order valence-corrected chi connectivity index (χ0v) is 14.3. The monoisotopic (exact) mass is 360 g/mol. The molecule has 0 fully saturated rings. The van der Waals surface area contributed by atoms with Crippen molar-refractivity contribution in [1.82, 2.24) is 9.97 Å². The van der Waals surface area contributed by atoms with Crippen molar-refractivity contribution >= 4 is 23.2 Å². The molecule has 0 aliphatic carbocycles. The minimum absolute atomic E-state index is 0.0909. The molecule has 2 amide bonds. The molecule has 0 unspecified atom stereocenters. The number of rotatable bonds is 3. The number of amides is 2. The van der Waals surface area contributed by atoms with Gasteiger partial charge in [0.15, 0.2) is 0 Å². The van der Waals surface area contributed by atoms with Gasteiger partial charge < -0.3 is 15.2 Å². The first-order valence-corrected chi connectivity index (χ1v) is 8.47. The number of anilines is 2. The van der Waals surface area contributed by atoms with Crippen LogP contribution in [0.3, 0.4) is 0 Å². The highest BCUT2D eigenvalue weighted by Gasteiger charge is 2.26. The van der Waals surface area contributed by atoms with Crippen LogP contribution in [0.2, 0.25) is 0 Å². The maximum absolute atomic E-state index is 12.7. The second kappa shape index (κ2) is 6.87. The number of nitrogens with one attached hydrogen (secondary N) is 2. The topological polar surface area (TPSA) is 95.2 Å². The van der Waals surface area contributed by atoms with Crippen LogP contribution < -0.4 is 15.8 Å². The normalized spacial score (nSPS) is 12.5. The largest absolute Gasteiger partial charge is 0.328 e. The number of nitrogens with zero attached hydrogens (tertiary/aromatic N) is 2. The minimum Gasteiger partial charge on any atom is -0.328 e. The third kappa shape index (κ3) is 3.35. The molecule has 134 valence electrons. The first-order valence-electron chi connectivity index (χ1n) is 8.47. The lowest BCUT2D eigenvalue weighted by Crippen LogP contribution is -2.28. The Morgan fingerprint density at radius 1 is 1.11 bits per heavy atom. The fourth-order valence-corrected chi connectivity index (χ4v) is 3.09. The van der Waals surface area contributed by atoms with Crippen molar-refractivity contribution in [3.8, 4) is 0 Å². The molecule has 0 bridgehead atoms. The van der Waals surface area contributed by atoms with Gasteiger partial charge in [-0.05, 0) is 48.4 Å². The molecule has 7 heteroatoms. The Labute approximate surface area is 154 Å². The van der Waals surface area contributed by atoms with E-state index in [1.165, 1.54) is 18.3 Å². The fourth-order valence-electron chi connectivity index (χ4n) is 3.09. The van der Waals surface area contributed by atoms with Gasteiger partial charge in [-0.1, -0.05) is 0 Å². The van der Waals surface area contributed by atoms with Crippen LogP contribution in [-0.2, 0) is 6.42 Å². The van der Waals surface area contributed by atoms with Crippen LogP contribution in [0, 0.1) is 0 Å². The predicted molar refractivity (Wildman–Crippen MR) is 101 cm³/mol. The maximum Gasteiger partial charge on any atom is 0.259 e. The van der Waals surface area contributed by atoms with E-state index in [-0.39, 0.29) is 17.4 Å². The molecule has 3 heterocycles. The number of hydrogen-bond donors (Lipinski definition) is 2. The van der Waals surface area contributed by atoms with E-state index >= 15 is 0 Å². The molecule has 7 nitrogen and oxygen atoms in total. The van der Waals surface area contributed by atoms with E-state index < -0.39 is 0 Å². The van der Waals surface area contributed by atoms with E-state index in [2.05, 4.69) is 15.3 Å². The highest BCUT2D eigenvalue weighted by molar-refractivity contribution is 6.08. The fraction of sp³-hybridized carbons (Fsp3) is 0.100. The van der Waals surface area contributed by atoms with E-state index in [0.29, 0.717) is 29.8 Å². The van der Waals surface area contributed by atoms with Gasteiger partial charge in [0.1, 0.15) is 0 Å². The minimum atomic E-state index is -0.313. The van der Waals surface area contributed by atoms with Crippen molar-refractivity contribution in [1.29, 1.82) is 0 Å². The average Bonchev–Trinajstić information content (AvgIpc) is 3.11. The van der Waals surface area contributed by atoms with Crippen LogP contribution in [0.15, 0.2) is 65.8 Å². The molecular formula is C20H16N4O3. The highest BCUT2D eigenvalue weighted by Crippen LogP contribution is 2.31. The Bertz CT molecular complexity index is 1060. The summed E-state index contributed by atoms with van der Waals surface area (Å²) in [5.41, 5.74) is 3.12. The summed E-state index contributed by atoms with van der Waals surface area (Å²) < 4.78 is 0. The van der Waals surface area contributed by atoms with Crippen molar-refractivity contribution in [2.24, 2.45) is 0 Å². The molecule has 1 aliphatic heterocycles. The first kappa shape index (κ1) is 16.7. The van der Waals surface area contributed by atoms with E-state index in [0.717, 1.165) is 11.3 Å². The smallest absolute Gasteiger partial charge is 0.259 e. The van der Waals surface area contributed by atoms with Gasteiger partial charge in [-0.3, -0.25) is 19.4 Å². The molecule has 0 spiro atoms. The summed E-state index contributed by atoms with van der Waals surface area (Å²) in [5.74, 6) is -0.403. The second-order valence-electron chi connectivity index (χ2n) is 6.19. The number of pyridine rings is 2. The molecule has 1 aliphatic rings. The van der Waals surface area contributed by atoms with Crippen molar-refractivity contribution < 1.29 is 9.59 Å². The quantitative estimate of drug-likeness (QED) is 0.749. The van der Waals surface area contributed by atoms with Crippen molar-refractivity contribution in [2.75, 3.05) is 16.8 Å². The van der Waals surface area contributed by atoms with Crippen LogP contribution in [0.25, 0.3) is 0 Å². The average molecular weight is 360 g/mol. The molecule has 0 saturated carbocycles. The molecule has 0 radical (unpaired) electrons. The van der Waals surface area contributed by atoms with Crippen LogP contribution in [0.1, 0.15) is 26.3 Å². The zero-order chi connectivity index (χ0) is 18.8. The lowest BCUT2D eigenvalue weighted by atomic mass is 10.1. The van der Waals surface area contributed by atoms with Gasteiger partial charge in [-0.15, -0.1) is 0 Å². The predicted octanol–water partition coefficient (Wildman–Crippen LogP) is 2.23. The van der Waals surface area contributed by atoms with E-state index in [1.54, 1.807) is 35.5 Å². The number of hydrogen-bond acceptors (Lipinski definition) is 4. The molecule has 2 aromatic heterocycles. The zero-order valence-electron chi connectivity index (χ0n) is 14.3. The summed E-state index contributed by atoms with van der Waals surface area (Å²) in [6.45, 7) is 0.584. The van der Waals surface area contributed by atoms with Gasteiger partial charge in [-0.2, -0.15) is 0 Å². The standard InChI is InChI=1S/C20H16N4O3/c25-18-6-3-14(12-22-18)19(26)23-16-4-5-17-13(10-16)7-9-24(17)20(27)15-2-1-8-21-11-15/h1-6,8,10-12H,7,9H2,(H,22,25)(H,23,26). The number of fused-ring (bicyclic) bond motifs is 1. The molecule has 1 aromatic carbocycles. The molecule has 2 N–H and O–H groups in total. The van der Waals surface area contributed by atoms with Gasteiger partial charge in [0.25, 0.3) is 11.8 Å². The van der Waals surface area contributed by atoms with Crippen LogP contribution in [-0.4, -0.2) is 28.3 Å². The van der Waals surface area contributed by atoms with Gasteiger partial charge in [-0.25, -0.2) is 0 Å². The van der Waals surface area contributed by atoms with Gasteiger partial charge in [0.05, 0.1) is 11.1 Å². The summed E-state index contributed by atoms with van der Waals surface area (Å²) in [5, 5.41) is 2.81. The molecule has 27 heavy (non-hydrogen) atoms. The summed E-state index contributed by atoms with van der Waals surface area (Å²) >= 11 is 0. The van der Waals surface area contributed by atoms with Crippen LogP contribution in [0.4, 0.5) is 11.4 Å². The summed E-state index contributed by atoms with van der Waals surface area (Å²) in [4.78, 5) is 44.2. The highest BCUT2D eigenvalue weighted by atomic mass is 16.2. The summed E-state index contributed by atoms with van der Waals surface area (Å²) in [6, 6.07) is 11.7. The van der Waals surface area contributed by atoms with Crippen LogP contribution in [0.5, 0.6) is 0 Å². The summed E-state index contributed by atoms with van der Waals surface area (Å²) in [6.07, 6.45) is 5.27. The van der Waals surface area contributed by atoms with E-state index in [9.17, 15) is 14.4 Å². The molecule has 0 saturated heterocycles. The molecule has 4 rings (SSSR count). The number of carbonyl (C=O) groups excluding carboxylic acids is 2. The first-order chi connectivity index (χ1) is 13.1. The number of H-pyrrole nitrogens is 1. The number of aromatic amines is 1. The van der Waals surface area contributed by atoms with Crippen LogP contribution >= 0.6 is 0 Å². The third-order valence-electron chi connectivity index (χ3n) is 4.43.